The minimum absolute atomic E-state index is 0.0894. The van der Waals surface area contributed by atoms with E-state index in [0.717, 1.165) is 73.8 Å². The van der Waals surface area contributed by atoms with E-state index in [4.69, 9.17) is 8.83 Å². The van der Waals surface area contributed by atoms with Crippen molar-refractivity contribution in [1.82, 2.24) is 20.4 Å². The summed E-state index contributed by atoms with van der Waals surface area (Å²) in [5, 5.41) is 24.6. The van der Waals surface area contributed by atoms with Crippen molar-refractivity contribution in [3.05, 3.63) is 87.2 Å². The Morgan fingerprint density at radius 2 is 1.25 bits per heavy atom. The Morgan fingerprint density at radius 3 is 1.95 bits per heavy atom. The minimum Gasteiger partial charge on any atom is -0.464 e. The van der Waals surface area contributed by atoms with Crippen LogP contribution in [-0.4, -0.2) is 32.1 Å². The predicted molar refractivity (Wildman–Crippen MR) is 154 cm³/mol. The van der Waals surface area contributed by atoms with Gasteiger partial charge in [0.1, 0.15) is 32.0 Å². The van der Waals surface area contributed by atoms with Crippen molar-refractivity contribution in [2.45, 2.75) is 44.9 Å². The van der Waals surface area contributed by atoms with Gasteiger partial charge in [0.05, 0.1) is 25.4 Å². The summed E-state index contributed by atoms with van der Waals surface area (Å²) in [7, 11) is 0. The van der Waals surface area contributed by atoms with E-state index in [1.165, 1.54) is 22.7 Å². The third-order valence-corrected chi connectivity index (χ3v) is 8.34. The largest absolute Gasteiger partial charge is 0.464 e. The number of aryl methyl sites for hydroxylation is 2. The Labute approximate surface area is 237 Å². The van der Waals surface area contributed by atoms with Crippen LogP contribution in [0.3, 0.4) is 0 Å². The van der Waals surface area contributed by atoms with Crippen molar-refractivity contribution in [3.63, 3.8) is 0 Å². The van der Waals surface area contributed by atoms with Gasteiger partial charge in [-0.3, -0.25) is 9.59 Å². The van der Waals surface area contributed by atoms with Crippen molar-refractivity contribution < 1.29 is 18.4 Å². The van der Waals surface area contributed by atoms with Crippen LogP contribution in [0.2, 0.25) is 0 Å². The quantitative estimate of drug-likeness (QED) is 0.178. The maximum atomic E-state index is 12.6. The maximum Gasteiger partial charge on any atom is 0.230 e. The average molecular weight is 572 g/mol. The van der Waals surface area contributed by atoms with E-state index < -0.39 is 0 Å². The van der Waals surface area contributed by atoms with Crippen LogP contribution < -0.4 is 5.32 Å². The van der Waals surface area contributed by atoms with E-state index in [1.807, 2.05) is 48.5 Å². The summed E-state index contributed by atoms with van der Waals surface area (Å²) in [4.78, 5) is 25.1. The highest BCUT2D eigenvalue weighted by Crippen LogP contribution is 2.24. The van der Waals surface area contributed by atoms with Crippen LogP contribution in [0, 0.1) is 0 Å². The molecule has 0 saturated carbocycles. The number of Topliss-reactive ketones (excluding diaryl/α,β-unsaturated/α-hetero) is 1. The predicted octanol–water partition coefficient (Wildman–Crippen LogP) is 5.98. The Balaban J connectivity index is 0.923. The van der Waals surface area contributed by atoms with Crippen molar-refractivity contribution >= 4 is 61.4 Å². The van der Waals surface area contributed by atoms with Gasteiger partial charge in [-0.1, -0.05) is 47.7 Å². The first-order valence-corrected chi connectivity index (χ1v) is 14.6. The number of furan rings is 2. The number of para-hydroxylation sites is 2. The summed E-state index contributed by atoms with van der Waals surface area (Å²) in [5.41, 5.74) is 3.29. The fourth-order valence-corrected chi connectivity index (χ4v) is 6.25. The molecule has 0 atom stereocenters. The number of benzene rings is 2. The molecule has 0 radical (unpaired) electrons. The molecule has 0 spiro atoms. The van der Waals surface area contributed by atoms with E-state index in [1.54, 1.807) is 12.5 Å². The molecular weight excluding hydrogens is 546 g/mol. The number of anilines is 1. The second-order valence-corrected chi connectivity index (χ2v) is 11.6. The van der Waals surface area contributed by atoms with Gasteiger partial charge >= 0.3 is 0 Å². The molecule has 0 aliphatic heterocycles. The second kappa shape index (κ2) is 11.9. The molecule has 4 aromatic heterocycles. The van der Waals surface area contributed by atoms with Crippen LogP contribution in [0.4, 0.5) is 5.13 Å². The number of unbranched alkanes of at least 4 members (excludes halogenated alkanes) is 1. The van der Waals surface area contributed by atoms with E-state index in [0.29, 0.717) is 11.6 Å². The van der Waals surface area contributed by atoms with Crippen LogP contribution >= 0.6 is 22.7 Å². The fraction of sp³-hybridized carbons (Fsp3) is 0.241. The first kappa shape index (κ1) is 26.0. The lowest BCUT2D eigenvalue weighted by Gasteiger charge is -1.99. The Hall–Kier alpha value is -4.22. The highest BCUT2D eigenvalue weighted by Gasteiger charge is 2.15. The summed E-state index contributed by atoms with van der Waals surface area (Å²) < 4.78 is 11.0. The number of aromatic nitrogens is 4. The fourth-order valence-electron chi connectivity index (χ4n) is 4.54. The van der Waals surface area contributed by atoms with E-state index in [9.17, 15) is 9.59 Å². The zero-order valence-corrected chi connectivity index (χ0v) is 23.1. The van der Waals surface area contributed by atoms with Crippen molar-refractivity contribution in [3.8, 4) is 0 Å². The average Bonchev–Trinajstić information content (AvgIpc) is 3.76. The van der Waals surface area contributed by atoms with Gasteiger partial charge in [0.25, 0.3) is 0 Å². The van der Waals surface area contributed by atoms with Crippen LogP contribution in [0.25, 0.3) is 21.9 Å². The third-order valence-electron chi connectivity index (χ3n) is 6.46. The van der Waals surface area contributed by atoms with Crippen LogP contribution in [-0.2, 0) is 41.7 Å². The molecule has 0 saturated heterocycles. The SMILES string of the molecule is O=C(Cc1nnc(CCCCc2nnc(NC(=O)Cc3coc4ccccc34)s2)s1)Cc1coc2ccccc12. The number of fused-ring (bicyclic) bond motifs is 2. The number of carbonyl (C=O) groups excluding carboxylic acids is 2. The molecule has 6 aromatic rings. The molecule has 1 amide bonds. The van der Waals surface area contributed by atoms with Gasteiger partial charge in [0, 0.05) is 41.2 Å². The standard InChI is InChI=1S/C29H25N5O4S2/c35-20(13-18-16-37-23-9-3-1-7-21(18)23)15-28-33-31-26(39-28)11-5-6-12-27-32-34-29(40-27)30-25(36)14-19-17-38-24-10-4-2-8-22(19)24/h1-4,7-10,16-17H,5-6,11-15H2,(H,30,34,36). The zero-order chi connectivity index (χ0) is 27.3. The molecule has 1 N–H and O–H groups in total. The number of hydrogen-bond acceptors (Lipinski definition) is 10. The highest BCUT2D eigenvalue weighted by molar-refractivity contribution is 7.15. The number of carbonyl (C=O) groups is 2. The van der Waals surface area contributed by atoms with Gasteiger partial charge in [-0.25, -0.2) is 0 Å². The smallest absolute Gasteiger partial charge is 0.230 e. The number of nitrogens with one attached hydrogen (secondary N) is 1. The molecule has 0 aliphatic carbocycles. The first-order chi connectivity index (χ1) is 19.6. The summed E-state index contributed by atoms with van der Waals surface area (Å²) in [5.74, 6) is -0.0653. The van der Waals surface area contributed by atoms with E-state index in [-0.39, 0.29) is 24.5 Å². The monoisotopic (exact) mass is 571 g/mol. The summed E-state index contributed by atoms with van der Waals surface area (Å²) in [6, 6.07) is 15.4. The lowest BCUT2D eigenvalue weighted by Crippen LogP contribution is -2.13. The van der Waals surface area contributed by atoms with Crippen LogP contribution in [0.5, 0.6) is 0 Å². The molecule has 40 heavy (non-hydrogen) atoms. The Kier molecular flexibility index (Phi) is 7.73. The number of rotatable bonds is 12. The Morgan fingerprint density at radius 1 is 0.675 bits per heavy atom. The van der Waals surface area contributed by atoms with E-state index >= 15 is 0 Å². The first-order valence-electron chi connectivity index (χ1n) is 13.0. The third kappa shape index (κ3) is 6.16. The van der Waals surface area contributed by atoms with Gasteiger partial charge in [-0.15, -0.1) is 31.7 Å². The van der Waals surface area contributed by atoms with Gasteiger partial charge in [-0.05, 0) is 25.0 Å². The van der Waals surface area contributed by atoms with Crippen LogP contribution in [0.1, 0.15) is 39.0 Å². The Bertz CT molecular complexity index is 1650. The number of amides is 1. The molecule has 11 heteroatoms. The molecule has 0 aliphatic rings. The van der Waals surface area contributed by atoms with Crippen molar-refractivity contribution in [2.75, 3.05) is 5.32 Å². The van der Waals surface area contributed by atoms with Gasteiger partial charge < -0.3 is 14.2 Å². The molecule has 0 bridgehead atoms. The summed E-state index contributed by atoms with van der Waals surface area (Å²) in [6.45, 7) is 0. The molecule has 4 heterocycles. The molecule has 6 rings (SSSR count). The number of ketones is 1. The van der Waals surface area contributed by atoms with Gasteiger partial charge in [0.2, 0.25) is 11.0 Å². The zero-order valence-electron chi connectivity index (χ0n) is 21.5. The minimum atomic E-state index is -0.155. The normalized spacial score (nSPS) is 11.4. The van der Waals surface area contributed by atoms with Gasteiger partial charge in [-0.2, -0.15) is 0 Å². The summed E-state index contributed by atoms with van der Waals surface area (Å²) in [6.07, 6.45) is 7.46. The highest BCUT2D eigenvalue weighted by atomic mass is 32.1. The molecule has 0 fully saturated rings. The van der Waals surface area contributed by atoms with Crippen molar-refractivity contribution in [1.29, 1.82) is 0 Å². The second-order valence-electron chi connectivity index (χ2n) is 9.43. The topological polar surface area (TPSA) is 124 Å². The molecule has 202 valence electrons. The maximum absolute atomic E-state index is 12.6. The van der Waals surface area contributed by atoms with Crippen molar-refractivity contribution in [2.24, 2.45) is 0 Å². The molecular formula is C29H25N5O4S2. The van der Waals surface area contributed by atoms with Crippen LogP contribution in [0.15, 0.2) is 69.9 Å². The molecule has 9 nitrogen and oxygen atoms in total. The lowest BCUT2D eigenvalue weighted by molar-refractivity contribution is -0.118. The van der Waals surface area contributed by atoms with E-state index in [2.05, 4.69) is 25.7 Å². The summed E-state index contributed by atoms with van der Waals surface area (Å²) >= 11 is 2.88. The number of hydrogen-bond donors (Lipinski definition) is 1. The lowest BCUT2D eigenvalue weighted by atomic mass is 10.1. The molecule has 2 aromatic carbocycles. The number of nitrogens with zero attached hydrogens (tertiary/aromatic N) is 4. The molecule has 0 unspecified atom stereocenters. The van der Waals surface area contributed by atoms with Gasteiger partial charge in [0.15, 0.2) is 0 Å².